The Labute approximate surface area is 165 Å². The zero-order valence-electron chi connectivity index (χ0n) is 16.7. The molecule has 146 valence electrons. The van der Waals surface area contributed by atoms with E-state index in [0.29, 0.717) is 17.0 Å². The van der Waals surface area contributed by atoms with Crippen LogP contribution in [0.4, 0.5) is 5.69 Å². The molecule has 2 aromatic carbocycles. The first-order valence-electron chi connectivity index (χ1n) is 9.49. The maximum absolute atomic E-state index is 13.5. The Kier molecular flexibility index (Phi) is 5.83. The predicted octanol–water partition coefficient (Wildman–Crippen LogP) is 5.04. The second kappa shape index (κ2) is 8.30. The van der Waals surface area contributed by atoms with E-state index in [-0.39, 0.29) is 11.9 Å². The van der Waals surface area contributed by atoms with E-state index in [1.165, 1.54) is 7.11 Å². The minimum Gasteiger partial charge on any atom is -0.465 e. The molecule has 28 heavy (non-hydrogen) atoms. The van der Waals surface area contributed by atoms with E-state index >= 15 is 0 Å². The molecule has 1 heterocycles. The van der Waals surface area contributed by atoms with Gasteiger partial charge in [-0.05, 0) is 61.7 Å². The number of nitrogens with zero attached hydrogens (tertiary/aromatic N) is 1. The van der Waals surface area contributed by atoms with Gasteiger partial charge in [0.2, 0.25) is 0 Å². The summed E-state index contributed by atoms with van der Waals surface area (Å²) in [5, 5.41) is 1.05. The number of aromatic amines is 1. The Bertz CT molecular complexity index is 990. The molecule has 0 saturated heterocycles. The fraction of sp³-hybridized carbons (Fsp3) is 0.304. The lowest BCUT2D eigenvalue weighted by atomic mass is 10.0. The molecule has 0 saturated carbocycles. The summed E-state index contributed by atoms with van der Waals surface area (Å²) in [6.07, 6.45) is 2.76. The number of H-pyrrole nitrogens is 1. The first kappa shape index (κ1) is 19.7. The zero-order chi connectivity index (χ0) is 20.3. The number of aromatic nitrogens is 1. The summed E-state index contributed by atoms with van der Waals surface area (Å²) in [7, 11) is 1.33. The molecule has 1 N–H and O–H groups in total. The van der Waals surface area contributed by atoms with E-state index in [0.717, 1.165) is 23.0 Å². The van der Waals surface area contributed by atoms with Gasteiger partial charge in [0.1, 0.15) is 0 Å². The molecule has 0 spiro atoms. The fourth-order valence-corrected chi connectivity index (χ4v) is 3.59. The molecule has 1 aromatic heterocycles. The molecule has 1 atom stereocenters. The van der Waals surface area contributed by atoms with Crippen molar-refractivity contribution in [1.82, 2.24) is 4.98 Å². The summed E-state index contributed by atoms with van der Waals surface area (Å²) in [5.41, 5.74) is 2.70. The van der Waals surface area contributed by atoms with Gasteiger partial charge in [0, 0.05) is 34.4 Å². The third-order valence-corrected chi connectivity index (χ3v) is 4.82. The quantitative estimate of drug-likeness (QED) is 0.612. The minimum absolute atomic E-state index is 0.00525. The standard InChI is InChI=1S/C23H26N2O3/c1-15(2)12-16(3)25(20-8-9-21-17(14-20)10-11-24-21)22(26)18-6-5-7-19(13-18)23(27)28-4/h5-11,13-16,24H,12H2,1-4H3. The van der Waals surface area contributed by atoms with Crippen LogP contribution in [0.2, 0.25) is 0 Å². The van der Waals surface area contributed by atoms with Crippen LogP contribution in [0.15, 0.2) is 54.7 Å². The summed E-state index contributed by atoms with van der Waals surface area (Å²) >= 11 is 0. The monoisotopic (exact) mass is 378 g/mol. The zero-order valence-corrected chi connectivity index (χ0v) is 16.7. The topological polar surface area (TPSA) is 62.4 Å². The number of methoxy groups -OCH3 is 1. The number of anilines is 1. The highest BCUT2D eigenvalue weighted by Gasteiger charge is 2.25. The molecular weight excluding hydrogens is 352 g/mol. The molecule has 0 aliphatic carbocycles. The number of ether oxygens (including phenoxy) is 1. The van der Waals surface area contributed by atoms with Crippen LogP contribution in [0.1, 0.15) is 47.9 Å². The average Bonchev–Trinajstić information content (AvgIpc) is 3.15. The van der Waals surface area contributed by atoms with Crippen molar-refractivity contribution < 1.29 is 14.3 Å². The molecular formula is C23H26N2O3. The van der Waals surface area contributed by atoms with Crippen molar-refractivity contribution in [2.75, 3.05) is 12.0 Å². The predicted molar refractivity (Wildman–Crippen MR) is 112 cm³/mol. The van der Waals surface area contributed by atoms with Crippen molar-refractivity contribution in [3.63, 3.8) is 0 Å². The number of nitrogens with one attached hydrogen (secondary N) is 1. The van der Waals surface area contributed by atoms with Gasteiger partial charge in [-0.2, -0.15) is 0 Å². The van der Waals surface area contributed by atoms with Crippen LogP contribution in [0.5, 0.6) is 0 Å². The van der Waals surface area contributed by atoms with Crippen molar-refractivity contribution in [2.45, 2.75) is 33.2 Å². The second-order valence-corrected chi connectivity index (χ2v) is 7.48. The second-order valence-electron chi connectivity index (χ2n) is 7.48. The first-order valence-corrected chi connectivity index (χ1v) is 9.49. The summed E-state index contributed by atoms with van der Waals surface area (Å²) in [4.78, 5) is 30.3. The van der Waals surface area contributed by atoms with Crippen molar-refractivity contribution in [3.8, 4) is 0 Å². The lowest BCUT2D eigenvalue weighted by Gasteiger charge is -2.31. The number of rotatable bonds is 6. The summed E-state index contributed by atoms with van der Waals surface area (Å²) in [6.45, 7) is 6.35. The number of carbonyl (C=O) groups is 2. The fourth-order valence-electron chi connectivity index (χ4n) is 3.59. The number of esters is 1. The van der Waals surface area contributed by atoms with E-state index < -0.39 is 5.97 Å². The third kappa shape index (κ3) is 4.09. The Hall–Kier alpha value is -3.08. The Morgan fingerprint density at radius 3 is 2.50 bits per heavy atom. The maximum Gasteiger partial charge on any atom is 0.337 e. The Morgan fingerprint density at radius 2 is 1.79 bits per heavy atom. The van der Waals surface area contributed by atoms with Crippen molar-refractivity contribution in [2.24, 2.45) is 5.92 Å². The van der Waals surface area contributed by atoms with Crippen LogP contribution in [-0.4, -0.2) is 30.0 Å². The van der Waals surface area contributed by atoms with Crippen LogP contribution in [0.3, 0.4) is 0 Å². The highest BCUT2D eigenvalue weighted by atomic mass is 16.5. The lowest BCUT2D eigenvalue weighted by Crippen LogP contribution is -2.39. The van der Waals surface area contributed by atoms with E-state index in [1.54, 1.807) is 24.3 Å². The van der Waals surface area contributed by atoms with Gasteiger partial charge in [-0.1, -0.05) is 19.9 Å². The molecule has 5 nitrogen and oxygen atoms in total. The van der Waals surface area contributed by atoms with Crippen LogP contribution >= 0.6 is 0 Å². The molecule has 1 amide bonds. The van der Waals surface area contributed by atoms with Gasteiger partial charge in [-0.15, -0.1) is 0 Å². The summed E-state index contributed by atoms with van der Waals surface area (Å²) in [6, 6.07) is 14.6. The summed E-state index contributed by atoms with van der Waals surface area (Å²) in [5.74, 6) is -0.137. The number of amides is 1. The maximum atomic E-state index is 13.5. The van der Waals surface area contributed by atoms with Crippen molar-refractivity contribution >= 4 is 28.5 Å². The molecule has 1 unspecified atom stereocenters. The SMILES string of the molecule is COC(=O)c1cccc(C(=O)N(c2ccc3[nH]ccc3c2)C(C)CC(C)C)c1. The minimum atomic E-state index is -0.454. The van der Waals surface area contributed by atoms with E-state index in [1.807, 2.05) is 35.4 Å². The molecule has 5 heteroatoms. The molecule has 3 rings (SSSR count). The van der Waals surface area contributed by atoms with E-state index in [2.05, 4.69) is 25.8 Å². The number of hydrogen-bond donors (Lipinski definition) is 1. The van der Waals surface area contributed by atoms with Gasteiger partial charge < -0.3 is 14.6 Å². The molecule has 0 fully saturated rings. The summed E-state index contributed by atoms with van der Waals surface area (Å²) < 4.78 is 4.79. The molecule has 0 radical (unpaired) electrons. The van der Waals surface area contributed by atoms with Crippen molar-refractivity contribution in [3.05, 3.63) is 65.9 Å². The highest BCUT2D eigenvalue weighted by Crippen LogP contribution is 2.27. The number of hydrogen-bond acceptors (Lipinski definition) is 3. The first-order chi connectivity index (χ1) is 13.4. The van der Waals surface area contributed by atoms with E-state index in [4.69, 9.17) is 4.74 Å². The van der Waals surface area contributed by atoms with Gasteiger partial charge in [0.05, 0.1) is 12.7 Å². The number of carbonyl (C=O) groups excluding carboxylic acids is 2. The van der Waals surface area contributed by atoms with Crippen LogP contribution < -0.4 is 4.90 Å². The molecule has 0 bridgehead atoms. The largest absolute Gasteiger partial charge is 0.465 e. The van der Waals surface area contributed by atoms with E-state index in [9.17, 15) is 9.59 Å². The molecule has 3 aromatic rings. The average molecular weight is 378 g/mol. The van der Waals surface area contributed by atoms with Gasteiger partial charge in [-0.3, -0.25) is 4.79 Å². The Balaban J connectivity index is 2.03. The van der Waals surface area contributed by atoms with Crippen LogP contribution in [-0.2, 0) is 4.74 Å². The Morgan fingerprint density at radius 1 is 1.04 bits per heavy atom. The van der Waals surface area contributed by atoms with Gasteiger partial charge in [0.15, 0.2) is 0 Å². The highest BCUT2D eigenvalue weighted by molar-refractivity contribution is 6.08. The number of fused-ring (bicyclic) bond motifs is 1. The van der Waals surface area contributed by atoms with Gasteiger partial charge in [-0.25, -0.2) is 4.79 Å². The van der Waals surface area contributed by atoms with Crippen LogP contribution in [0.25, 0.3) is 10.9 Å². The van der Waals surface area contributed by atoms with Crippen molar-refractivity contribution in [1.29, 1.82) is 0 Å². The lowest BCUT2D eigenvalue weighted by molar-refractivity contribution is 0.0600. The normalized spacial score (nSPS) is 12.2. The van der Waals surface area contributed by atoms with Gasteiger partial charge in [0.25, 0.3) is 5.91 Å². The van der Waals surface area contributed by atoms with Crippen LogP contribution in [0, 0.1) is 5.92 Å². The smallest absolute Gasteiger partial charge is 0.337 e. The van der Waals surface area contributed by atoms with Gasteiger partial charge >= 0.3 is 5.97 Å². The molecule has 0 aliphatic rings. The molecule has 0 aliphatic heterocycles. The third-order valence-electron chi connectivity index (χ3n) is 4.82. The number of benzene rings is 2.